The van der Waals surface area contributed by atoms with Crippen molar-refractivity contribution in [3.8, 4) is 5.69 Å². The van der Waals surface area contributed by atoms with Crippen molar-refractivity contribution in [2.24, 2.45) is 11.5 Å². The first-order chi connectivity index (χ1) is 19.4. The fourth-order valence-electron chi connectivity index (χ4n) is 4.78. The molecule has 4 aromatic rings. The number of fused-ring (bicyclic) bond motifs is 1. The summed E-state index contributed by atoms with van der Waals surface area (Å²) >= 11 is 0. The van der Waals surface area contributed by atoms with E-state index in [0.29, 0.717) is 13.0 Å². The molecule has 0 bridgehead atoms. The van der Waals surface area contributed by atoms with Gasteiger partial charge in [0.1, 0.15) is 11.6 Å². The van der Waals surface area contributed by atoms with Crippen LogP contribution in [0, 0.1) is 5.82 Å². The van der Waals surface area contributed by atoms with Crippen LogP contribution in [0.5, 0.6) is 0 Å². The van der Waals surface area contributed by atoms with E-state index in [4.69, 9.17) is 16.6 Å². The van der Waals surface area contributed by atoms with Gasteiger partial charge in [-0.25, -0.2) is 9.07 Å². The predicted molar refractivity (Wildman–Crippen MR) is 147 cm³/mol. The number of para-hydroxylation sites is 1. The third-order valence-corrected chi connectivity index (χ3v) is 6.70. The van der Waals surface area contributed by atoms with Gasteiger partial charge in [0.15, 0.2) is 0 Å². The number of anilines is 1. The third kappa shape index (κ3) is 6.30. The molecule has 2 heterocycles. The number of primary amides is 1. The lowest BCUT2D eigenvalue weighted by Gasteiger charge is -2.32. The van der Waals surface area contributed by atoms with Crippen molar-refractivity contribution in [2.45, 2.75) is 38.4 Å². The van der Waals surface area contributed by atoms with E-state index < -0.39 is 17.6 Å². The highest BCUT2D eigenvalue weighted by Gasteiger charge is 2.38. The maximum atomic E-state index is 13.5. The number of carbonyl (C=O) groups excluding carboxylic acids is 2. The molecule has 0 radical (unpaired) electrons. The lowest BCUT2D eigenvalue weighted by Crippen LogP contribution is -2.38. The molecule has 1 aromatic heterocycles. The van der Waals surface area contributed by atoms with Crippen molar-refractivity contribution >= 4 is 17.6 Å². The molecule has 0 aliphatic carbocycles. The number of benzene rings is 3. The van der Waals surface area contributed by atoms with Crippen molar-refractivity contribution in [3.63, 3.8) is 0 Å². The zero-order valence-electron chi connectivity index (χ0n) is 22.4. The summed E-state index contributed by atoms with van der Waals surface area (Å²) < 4.78 is 51.5. The summed E-state index contributed by atoms with van der Waals surface area (Å²) in [4.78, 5) is 25.3. The van der Waals surface area contributed by atoms with Crippen molar-refractivity contribution in [1.29, 1.82) is 0 Å². The highest BCUT2D eigenvalue weighted by molar-refractivity contribution is 5.97. The summed E-state index contributed by atoms with van der Waals surface area (Å²) in [7, 11) is 0. The molecule has 1 unspecified atom stereocenters. The Morgan fingerprint density at radius 2 is 1.71 bits per heavy atom. The Morgan fingerprint density at radius 3 is 2.27 bits per heavy atom. The highest BCUT2D eigenvalue weighted by atomic mass is 19.4. The number of hydrogen-bond donors (Lipinski definition) is 2. The van der Waals surface area contributed by atoms with Gasteiger partial charge < -0.3 is 11.5 Å². The van der Waals surface area contributed by atoms with E-state index in [1.165, 1.54) is 18.2 Å². The average molecular weight is 568 g/mol. The standard InChI is InChI=1S/C22H23FN4O.C8H6F3NO/c1-3-26-19(28)13-18(15-9-11-16(23)12-10-15)20-21(14(2)24)25-27(22(20)26)17-7-5-4-6-8-17;9-8(10,11)6-3-1-2-5(4-6)7(12)13/h4-12,14,18H,3,13,24H2,1-2H3;1-4H,(H2,12,13)/t14?,18-;/m1./s1. The summed E-state index contributed by atoms with van der Waals surface area (Å²) in [5, 5.41) is 4.81. The summed E-state index contributed by atoms with van der Waals surface area (Å²) in [5.41, 5.74) is 13.6. The zero-order chi connectivity index (χ0) is 29.9. The van der Waals surface area contributed by atoms with Gasteiger partial charge in [-0.15, -0.1) is 0 Å². The molecule has 3 aromatic carbocycles. The van der Waals surface area contributed by atoms with Crippen molar-refractivity contribution < 1.29 is 27.2 Å². The van der Waals surface area contributed by atoms with Crippen LogP contribution in [0.25, 0.3) is 5.69 Å². The second-order valence-corrected chi connectivity index (χ2v) is 9.55. The van der Waals surface area contributed by atoms with E-state index in [0.717, 1.165) is 46.5 Å². The van der Waals surface area contributed by atoms with Crippen LogP contribution in [0.2, 0.25) is 0 Å². The first-order valence-electron chi connectivity index (χ1n) is 12.9. The predicted octanol–water partition coefficient (Wildman–Crippen LogP) is 5.72. The van der Waals surface area contributed by atoms with E-state index in [1.54, 1.807) is 17.0 Å². The quantitative estimate of drug-likeness (QED) is 0.301. The number of nitrogens with two attached hydrogens (primary N) is 2. The topological polar surface area (TPSA) is 107 Å². The van der Waals surface area contributed by atoms with Gasteiger partial charge >= 0.3 is 6.18 Å². The summed E-state index contributed by atoms with van der Waals surface area (Å²) in [6.07, 6.45) is -4.13. The van der Waals surface area contributed by atoms with Gasteiger partial charge in [-0.3, -0.25) is 14.5 Å². The van der Waals surface area contributed by atoms with Crippen LogP contribution >= 0.6 is 0 Å². The smallest absolute Gasteiger partial charge is 0.366 e. The van der Waals surface area contributed by atoms with Crippen LogP contribution in [0.4, 0.5) is 23.4 Å². The van der Waals surface area contributed by atoms with Gasteiger partial charge in [-0.1, -0.05) is 36.4 Å². The molecule has 2 atom stereocenters. The van der Waals surface area contributed by atoms with Gasteiger partial charge in [0.05, 0.1) is 16.9 Å². The van der Waals surface area contributed by atoms with E-state index in [2.05, 4.69) is 0 Å². The Labute approximate surface area is 234 Å². The van der Waals surface area contributed by atoms with E-state index in [1.807, 2.05) is 48.9 Å². The molecule has 41 heavy (non-hydrogen) atoms. The van der Waals surface area contributed by atoms with Crippen molar-refractivity contribution in [3.05, 3.63) is 113 Å². The zero-order valence-corrected chi connectivity index (χ0v) is 22.4. The van der Waals surface area contributed by atoms with Gasteiger partial charge in [0, 0.05) is 36.1 Å². The van der Waals surface area contributed by atoms with E-state index in [9.17, 15) is 27.2 Å². The van der Waals surface area contributed by atoms with Crippen LogP contribution in [0.3, 0.4) is 0 Å². The minimum Gasteiger partial charge on any atom is -0.366 e. The summed E-state index contributed by atoms with van der Waals surface area (Å²) in [6, 6.07) is 19.8. The number of aromatic nitrogens is 2. The van der Waals surface area contributed by atoms with Crippen LogP contribution in [-0.4, -0.2) is 28.1 Å². The summed E-state index contributed by atoms with van der Waals surface area (Å²) in [5.74, 6) is -0.589. The van der Waals surface area contributed by atoms with Gasteiger partial charge in [0.25, 0.3) is 0 Å². The molecule has 5 rings (SSSR count). The molecule has 0 saturated carbocycles. The Balaban J connectivity index is 0.000000251. The molecular formula is C30H29F4N5O2. The molecule has 7 nitrogen and oxygen atoms in total. The number of alkyl halides is 3. The largest absolute Gasteiger partial charge is 0.416 e. The number of hydrogen-bond acceptors (Lipinski definition) is 4. The fraction of sp³-hybridized carbons (Fsp3) is 0.233. The minimum atomic E-state index is -4.44. The SMILES string of the molecule is CCN1C(=O)C[C@H](c2ccc(F)cc2)c2c(C(C)N)nn(-c3ccccc3)c21.NC(=O)c1cccc(C(F)(F)F)c1. The minimum absolute atomic E-state index is 0.0256. The van der Waals surface area contributed by atoms with Crippen LogP contribution in [0.1, 0.15) is 65.0 Å². The maximum Gasteiger partial charge on any atom is 0.416 e. The Hall–Kier alpha value is -4.51. The van der Waals surface area contributed by atoms with Crippen LogP contribution in [-0.2, 0) is 11.0 Å². The highest BCUT2D eigenvalue weighted by Crippen LogP contribution is 2.44. The average Bonchev–Trinajstić information content (AvgIpc) is 3.34. The maximum absolute atomic E-state index is 13.5. The van der Waals surface area contributed by atoms with Crippen LogP contribution in [0.15, 0.2) is 78.9 Å². The Bertz CT molecular complexity index is 1530. The van der Waals surface area contributed by atoms with Crippen molar-refractivity contribution in [2.75, 3.05) is 11.4 Å². The van der Waals surface area contributed by atoms with Gasteiger partial charge in [-0.05, 0) is 61.9 Å². The molecule has 0 spiro atoms. The monoisotopic (exact) mass is 567 g/mol. The molecule has 0 saturated heterocycles. The Morgan fingerprint density at radius 1 is 1.05 bits per heavy atom. The second kappa shape index (κ2) is 11.9. The second-order valence-electron chi connectivity index (χ2n) is 9.55. The molecule has 1 aliphatic heterocycles. The number of nitrogens with zero attached hydrogens (tertiary/aromatic N) is 3. The fourth-order valence-corrected chi connectivity index (χ4v) is 4.78. The van der Waals surface area contributed by atoms with Gasteiger partial charge in [0.2, 0.25) is 11.8 Å². The van der Waals surface area contributed by atoms with Crippen molar-refractivity contribution in [1.82, 2.24) is 9.78 Å². The third-order valence-electron chi connectivity index (χ3n) is 6.70. The number of carbonyl (C=O) groups is 2. The van der Waals surface area contributed by atoms with Crippen LogP contribution < -0.4 is 16.4 Å². The lowest BCUT2D eigenvalue weighted by atomic mass is 9.84. The summed E-state index contributed by atoms with van der Waals surface area (Å²) in [6.45, 7) is 4.39. The number of halogens is 4. The Kier molecular flexibility index (Phi) is 8.57. The molecule has 214 valence electrons. The first-order valence-corrected chi connectivity index (χ1v) is 12.9. The lowest BCUT2D eigenvalue weighted by molar-refractivity contribution is -0.137. The first kappa shape index (κ1) is 29.5. The molecule has 11 heteroatoms. The molecular weight excluding hydrogens is 538 g/mol. The van der Waals surface area contributed by atoms with E-state index in [-0.39, 0.29) is 29.2 Å². The molecule has 2 amide bonds. The molecule has 1 aliphatic rings. The number of rotatable bonds is 5. The molecule has 0 fully saturated rings. The molecule has 4 N–H and O–H groups in total. The van der Waals surface area contributed by atoms with E-state index >= 15 is 0 Å². The number of amides is 2. The van der Waals surface area contributed by atoms with Gasteiger partial charge in [-0.2, -0.15) is 18.3 Å². The normalized spacial score (nSPS) is 15.5.